The van der Waals surface area contributed by atoms with Crippen molar-refractivity contribution in [1.29, 1.82) is 0 Å². The fourth-order valence-electron chi connectivity index (χ4n) is 2.52. The highest BCUT2D eigenvalue weighted by Gasteiger charge is 2.20. The van der Waals surface area contributed by atoms with Crippen molar-refractivity contribution in [3.8, 4) is 5.75 Å². The lowest BCUT2D eigenvalue weighted by molar-refractivity contribution is -0.130. The van der Waals surface area contributed by atoms with Crippen LogP contribution >= 0.6 is 11.8 Å². The Balaban J connectivity index is 1.87. The second-order valence-corrected chi connectivity index (χ2v) is 7.13. The van der Waals surface area contributed by atoms with Crippen molar-refractivity contribution in [1.82, 2.24) is 10.6 Å². The summed E-state index contributed by atoms with van der Waals surface area (Å²) in [5.41, 5.74) is 2.19. The SMILES string of the molecule is CSCC[C@H](NC(=O)COc1ccccc1)C(=O)NCc1ccccc1C. The van der Waals surface area contributed by atoms with Crippen LogP contribution < -0.4 is 15.4 Å². The van der Waals surface area contributed by atoms with Crippen molar-refractivity contribution in [3.05, 3.63) is 65.7 Å². The number of hydrogen-bond donors (Lipinski definition) is 2. The van der Waals surface area contributed by atoms with Gasteiger partial charge in [0, 0.05) is 6.54 Å². The molecular formula is C21H26N2O3S. The molecule has 144 valence electrons. The van der Waals surface area contributed by atoms with Crippen LogP contribution in [-0.4, -0.2) is 36.5 Å². The minimum absolute atomic E-state index is 0.120. The van der Waals surface area contributed by atoms with E-state index in [9.17, 15) is 9.59 Å². The van der Waals surface area contributed by atoms with E-state index in [1.54, 1.807) is 23.9 Å². The number of para-hydroxylation sites is 1. The zero-order valence-electron chi connectivity index (χ0n) is 15.7. The van der Waals surface area contributed by atoms with Crippen LogP contribution in [0.3, 0.4) is 0 Å². The van der Waals surface area contributed by atoms with Crippen LogP contribution in [0.4, 0.5) is 0 Å². The fourth-order valence-corrected chi connectivity index (χ4v) is 2.99. The lowest BCUT2D eigenvalue weighted by Crippen LogP contribution is -2.48. The van der Waals surface area contributed by atoms with Crippen LogP contribution in [0, 0.1) is 6.92 Å². The summed E-state index contributed by atoms with van der Waals surface area (Å²) in [5, 5.41) is 5.71. The van der Waals surface area contributed by atoms with E-state index in [0.29, 0.717) is 18.7 Å². The standard InChI is InChI=1S/C21H26N2O3S/c1-16-8-6-7-9-17(16)14-22-21(25)19(12-13-27-2)23-20(24)15-26-18-10-4-3-5-11-18/h3-11,19H,12-15H2,1-2H3,(H,22,25)(H,23,24)/t19-/m0/s1. The first-order valence-corrected chi connectivity index (χ1v) is 10.3. The van der Waals surface area contributed by atoms with Gasteiger partial charge in [0.25, 0.3) is 5.91 Å². The third-order valence-corrected chi connectivity index (χ3v) is 4.73. The van der Waals surface area contributed by atoms with E-state index in [1.807, 2.05) is 55.6 Å². The van der Waals surface area contributed by atoms with Gasteiger partial charge in [-0.2, -0.15) is 11.8 Å². The third kappa shape index (κ3) is 7.35. The first kappa shape index (κ1) is 20.8. The molecule has 2 amide bonds. The quantitative estimate of drug-likeness (QED) is 0.659. The lowest BCUT2D eigenvalue weighted by Gasteiger charge is -2.19. The molecule has 0 unspecified atom stereocenters. The van der Waals surface area contributed by atoms with Crippen LogP contribution in [0.1, 0.15) is 17.5 Å². The number of carbonyl (C=O) groups is 2. The number of hydrogen-bond acceptors (Lipinski definition) is 4. The van der Waals surface area contributed by atoms with E-state index in [0.717, 1.165) is 16.9 Å². The molecule has 0 radical (unpaired) electrons. The van der Waals surface area contributed by atoms with E-state index in [-0.39, 0.29) is 18.4 Å². The van der Waals surface area contributed by atoms with Gasteiger partial charge in [0.2, 0.25) is 5.91 Å². The molecule has 2 aromatic carbocycles. The molecule has 0 heterocycles. The zero-order chi connectivity index (χ0) is 19.5. The van der Waals surface area contributed by atoms with Crippen molar-refractivity contribution in [3.63, 3.8) is 0 Å². The molecule has 1 atom stereocenters. The molecule has 0 saturated carbocycles. The molecule has 2 aromatic rings. The summed E-state index contributed by atoms with van der Waals surface area (Å²) in [6.45, 7) is 2.33. The first-order valence-electron chi connectivity index (χ1n) is 8.88. The number of carbonyl (C=O) groups excluding carboxylic acids is 2. The average Bonchev–Trinajstić information content (AvgIpc) is 2.69. The van der Waals surface area contributed by atoms with Gasteiger partial charge in [-0.1, -0.05) is 42.5 Å². The molecule has 0 saturated heterocycles. The van der Waals surface area contributed by atoms with Gasteiger partial charge < -0.3 is 15.4 Å². The molecule has 2 N–H and O–H groups in total. The molecule has 0 aliphatic carbocycles. The Morgan fingerprint density at radius 1 is 1.07 bits per heavy atom. The smallest absolute Gasteiger partial charge is 0.258 e. The molecule has 2 rings (SSSR count). The van der Waals surface area contributed by atoms with E-state index in [2.05, 4.69) is 10.6 Å². The van der Waals surface area contributed by atoms with Crippen molar-refractivity contribution in [2.75, 3.05) is 18.6 Å². The van der Waals surface area contributed by atoms with E-state index in [4.69, 9.17) is 4.74 Å². The highest BCUT2D eigenvalue weighted by molar-refractivity contribution is 7.98. The van der Waals surface area contributed by atoms with Crippen molar-refractivity contribution >= 4 is 23.6 Å². The number of benzene rings is 2. The number of rotatable bonds is 10. The summed E-state index contributed by atoms with van der Waals surface area (Å²) in [4.78, 5) is 24.8. The van der Waals surface area contributed by atoms with Crippen LogP contribution in [0.2, 0.25) is 0 Å². The van der Waals surface area contributed by atoms with Crippen molar-refractivity contribution in [2.45, 2.75) is 25.9 Å². The number of ether oxygens (including phenoxy) is 1. The molecule has 6 heteroatoms. The number of nitrogens with one attached hydrogen (secondary N) is 2. The van der Waals surface area contributed by atoms with E-state index < -0.39 is 6.04 Å². The minimum atomic E-state index is -0.576. The Bertz CT molecular complexity index is 737. The Hall–Kier alpha value is -2.47. The van der Waals surface area contributed by atoms with Gasteiger partial charge in [-0.25, -0.2) is 0 Å². The largest absolute Gasteiger partial charge is 0.484 e. The summed E-state index contributed by atoms with van der Waals surface area (Å²) < 4.78 is 5.45. The van der Waals surface area contributed by atoms with Gasteiger partial charge in [0.05, 0.1) is 0 Å². The van der Waals surface area contributed by atoms with Gasteiger partial charge in [0.15, 0.2) is 6.61 Å². The molecule has 0 aliphatic heterocycles. The van der Waals surface area contributed by atoms with Gasteiger partial charge in [-0.05, 0) is 48.6 Å². The van der Waals surface area contributed by atoms with Crippen LogP contribution in [0.25, 0.3) is 0 Å². The molecule has 0 spiro atoms. The Morgan fingerprint density at radius 2 is 1.78 bits per heavy atom. The normalized spacial score (nSPS) is 11.5. The highest BCUT2D eigenvalue weighted by Crippen LogP contribution is 2.09. The highest BCUT2D eigenvalue weighted by atomic mass is 32.2. The van der Waals surface area contributed by atoms with Crippen LogP contribution in [-0.2, 0) is 16.1 Å². The summed E-state index contributed by atoms with van der Waals surface area (Å²) >= 11 is 1.64. The lowest BCUT2D eigenvalue weighted by atomic mass is 10.1. The van der Waals surface area contributed by atoms with Gasteiger partial charge >= 0.3 is 0 Å². The van der Waals surface area contributed by atoms with Crippen LogP contribution in [0.5, 0.6) is 5.75 Å². The maximum absolute atomic E-state index is 12.6. The predicted molar refractivity (Wildman–Crippen MR) is 110 cm³/mol. The summed E-state index contributed by atoms with van der Waals surface area (Å²) in [6, 6.07) is 16.5. The van der Waals surface area contributed by atoms with Crippen LogP contribution in [0.15, 0.2) is 54.6 Å². The third-order valence-electron chi connectivity index (χ3n) is 4.09. The number of aryl methyl sites for hydroxylation is 1. The van der Waals surface area contributed by atoms with Crippen molar-refractivity contribution < 1.29 is 14.3 Å². The summed E-state index contributed by atoms with van der Waals surface area (Å²) in [5.74, 6) is 0.913. The van der Waals surface area contributed by atoms with E-state index >= 15 is 0 Å². The molecule has 5 nitrogen and oxygen atoms in total. The first-order chi connectivity index (χ1) is 13.1. The van der Waals surface area contributed by atoms with Gasteiger partial charge in [-0.15, -0.1) is 0 Å². The molecule has 0 aromatic heterocycles. The maximum atomic E-state index is 12.6. The topological polar surface area (TPSA) is 67.4 Å². The maximum Gasteiger partial charge on any atom is 0.258 e. The Morgan fingerprint density at radius 3 is 2.48 bits per heavy atom. The monoisotopic (exact) mass is 386 g/mol. The summed E-state index contributed by atoms with van der Waals surface area (Å²) in [6.07, 6.45) is 2.54. The van der Waals surface area contributed by atoms with Gasteiger partial charge in [-0.3, -0.25) is 9.59 Å². The molecular weight excluding hydrogens is 360 g/mol. The molecule has 27 heavy (non-hydrogen) atoms. The Labute approximate surface area is 164 Å². The summed E-state index contributed by atoms with van der Waals surface area (Å²) in [7, 11) is 0. The molecule has 0 aliphatic rings. The van der Waals surface area contributed by atoms with Gasteiger partial charge in [0.1, 0.15) is 11.8 Å². The van der Waals surface area contributed by atoms with Crippen molar-refractivity contribution in [2.24, 2.45) is 0 Å². The fraction of sp³-hybridized carbons (Fsp3) is 0.333. The Kier molecular flexibility index (Phi) is 8.71. The minimum Gasteiger partial charge on any atom is -0.484 e. The zero-order valence-corrected chi connectivity index (χ0v) is 16.6. The predicted octanol–water partition coefficient (Wildman–Crippen LogP) is 2.93. The average molecular weight is 387 g/mol. The van der Waals surface area contributed by atoms with E-state index in [1.165, 1.54) is 0 Å². The second-order valence-electron chi connectivity index (χ2n) is 6.15. The number of amides is 2. The second kappa shape index (κ2) is 11.3. The molecule has 0 bridgehead atoms. The molecule has 0 fully saturated rings. The number of thioether (sulfide) groups is 1.